The van der Waals surface area contributed by atoms with Crippen molar-refractivity contribution in [1.29, 1.82) is 0 Å². The van der Waals surface area contributed by atoms with E-state index in [-0.39, 0.29) is 80.7 Å². The molecule has 0 bridgehead atoms. The third-order valence-electron chi connectivity index (χ3n) is 19.8. The number of ketones is 1. The fraction of sp³-hybridized carbons (Fsp3) is 0.897. The Labute approximate surface area is 491 Å². The van der Waals surface area contributed by atoms with Crippen LogP contribution in [0.5, 0.6) is 0 Å². The number of fused-ring (bicyclic) bond motifs is 5. The van der Waals surface area contributed by atoms with Crippen molar-refractivity contribution in [3.8, 4) is 0 Å². The monoisotopic (exact) mass is 1140 g/mol. The lowest BCUT2D eigenvalue weighted by molar-refractivity contribution is -0.167. The maximum Gasteiger partial charge on any atom is 0.516 e. The molecule has 0 heterocycles. The van der Waals surface area contributed by atoms with Gasteiger partial charge in [-0.05, 0) is 131 Å². The molecule has 13 heteroatoms. The van der Waals surface area contributed by atoms with Gasteiger partial charge in [-0.25, -0.2) is 4.79 Å². The van der Waals surface area contributed by atoms with Gasteiger partial charge in [-0.3, -0.25) is 28.8 Å². The quantitative estimate of drug-likeness (QED) is 0.0244. The van der Waals surface area contributed by atoms with Gasteiger partial charge in [0.05, 0.1) is 6.61 Å². The Balaban J connectivity index is 1.08. The number of ether oxygens (including phenoxy) is 6. The van der Waals surface area contributed by atoms with Gasteiger partial charge in [0, 0.05) is 38.0 Å². The van der Waals surface area contributed by atoms with Gasteiger partial charge in [-0.15, -0.1) is 0 Å². The van der Waals surface area contributed by atoms with E-state index in [1.165, 1.54) is 135 Å². The number of unbranched alkanes of at least 4 members (excludes halogenated alkanes) is 25. The van der Waals surface area contributed by atoms with E-state index < -0.39 is 42.1 Å². The number of hydrogen-bond donors (Lipinski definition) is 0. The molecule has 81 heavy (non-hydrogen) atoms. The highest BCUT2D eigenvalue weighted by atomic mass is 16.7. The first-order chi connectivity index (χ1) is 39.1. The molecule has 4 aliphatic rings. The first-order valence-corrected chi connectivity index (χ1v) is 33.7. The van der Waals surface area contributed by atoms with Crippen molar-refractivity contribution in [3.63, 3.8) is 0 Å². The molecule has 466 valence electrons. The van der Waals surface area contributed by atoms with E-state index in [0.717, 1.165) is 77.0 Å². The molecule has 0 aromatic rings. The van der Waals surface area contributed by atoms with Crippen LogP contribution in [0.2, 0.25) is 0 Å². The average molecular weight is 1140 g/mol. The number of carbonyl (C=O) groups excluding carboxylic acids is 7. The van der Waals surface area contributed by atoms with Crippen molar-refractivity contribution in [3.05, 3.63) is 0 Å². The average Bonchev–Trinajstić information content (AvgIpc) is 3.87. The van der Waals surface area contributed by atoms with E-state index in [0.29, 0.717) is 55.1 Å². The van der Waals surface area contributed by atoms with Crippen molar-refractivity contribution >= 4 is 41.8 Å². The zero-order chi connectivity index (χ0) is 58.7. The van der Waals surface area contributed by atoms with Crippen LogP contribution in [0.25, 0.3) is 0 Å². The molecular formula is C68H116O13. The van der Waals surface area contributed by atoms with Gasteiger partial charge in [0.1, 0.15) is 25.1 Å². The predicted molar refractivity (Wildman–Crippen MR) is 318 cm³/mol. The van der Waals surface area contributed by atoms with Crippen LogP contribution in [0.1, 0.15) is 311 Å². The van der Waals surface area contributed by atoms with E-state index in [9.17, 15) is 33.6 Å². The van der Waals surface area contributed by atoms with Crippen LogP contribution in [0.4, 0.5) is 4.79 Å². The molecule has 4 aliphatic carbocycles. The molecule has 0 aromatic carbocycles. The van der Waals surface area contributed by atoms with Crippen LogP contribution in [0.15, 0.2) is 0 Å². The van der Waals surface area contributed by atoms with Crippen molar-refractivity contribution in [1.82, 2.24) is 0 Å². The highest BCUT2D eigenvalue weighted by Crippen LogP contribution is 2.67. The molecule has 1 unspecified atom stereocenters. The number of rotatable bonds is 44. The lowest BCUT2D eigenvalue weighted by Gasteiger charge is -2.61. The normalized spacial score (nSPS) is 24.3. The van der Waals surface area contributed by atoms with Gasteiger partial charge in [0.25, 0.3) is 0 Å². The van der Waals surface area contributed by atoms with Crippen LogP contribution in [0, 0.1) is 46.3 Å². The molecule has 4 saturated carbocycles. The summed E-state index contributed by atoms with van der Waals surface area (Å²) in [7, 11) is 0. The summed E-state index contributed by atoms with van der Waals surface area (Å²) >= 11 is 0. The van der Waals surface area contributed by atoms with Crippen molar-refractivity contribution in [2.24, 2.45) is 46.3 Å². The summed E-state index contributed by atoms with van der Waals surface area (Å²) in [5, 5.41) is 0. The highest BCUT2D eigenvalue weighted by Gasteiger charge is 2.61. The van der Waals surface area contributed by atoms with Gasteiger partial charge in [-0.1, -0.05) is 189 Å². The summed E-state index contributed by atoms with van der Waals surface area (Å²) < 4.78 is 32.7. The fourth-order valence-corrected chi connectivity index (χ4v) is 15.0. The lowest BCUT2D eigenvalue weighted by atomic mass is 9.44. The second-order valence-electron chi connectivity index (χ2n) is 26.3. The Morgan fingerprint density at radius 2 is 0.926 bits per heavy atom. The Hall–Kier alpha value is -3.51. The predicted octanol–water partition coefficient (Wildman–Crippen LogP) is 17.4. The van der Waals surface area contributed by atoms with Gasteiger partial charge in [-0.2, -0.15) is 0 Å². The van der Waals surface area contributed by atoms with Gasteiger partial charge >= 0.3 is 36.0 Å². The third kappa shape index (κ3) is 26.5. The van der Waals surface area contributed by atoms with Crippen LogP contribution < -0.4 is 0 Å². The Morgan fingerprint density at radius 1 is 0.469 bits per heavy atom. The molecule has 0 aliphatic heterocycles. The van der Waals surface area contributed by atoms with Crippen molar-refractivity contribution < 1.29 is 62.0 Å². The third-order valence-corrected chi connectivity index (χ3v) is 19.8. The van der Waals surface area contributed by atoms with Crippen molar-refractivity contribution in [2.45, 2.75) is 323 Å². The minimum absolute atomic E-state index is 0.0315. The minimum atomic E-state index is -1.15. The van der Waals surface area contributed by atoms with Gasteiger partial charge in [0.2, 0.25) is 0 Å². The molecule has 9 atom stereocenters. The molecule has 4 rings (SSSR count). The molecule has 0 aromatic heterocycles. The maximum absolute atomic E-state index is 13.1. The van der Waals surface area contributed by atoms with E-state index in [4.69, 9.17) is 28.4 Å². The number of esters is 5. The zero-order valence-corrected chi connectivity index (χ0v) is 52.2. The lowest BCUT2D eigenvalue weighted by Crippen LogP contribution is -2.54. The summed E-state index contributed by atoms with van der Waals surface area (Å²) in [5.41, 5.74) is 0.395. The first-order valence-electron chi connectivity index (χ1n) is 33.7. The van der Waals surface area contributed by atoms with E-state index in [1.54, 1.807) is 13.8 Å². The molecule has 0 saturated heterocycles. The first kappa shape index (κ1) is 70.0. The van der Waals surface area contributed by atoms with Crippen LogP contribution in [-0.2, 0) is 57.2 Å². The largest absolute Gasteiger partial charge is 0.516 e. The molecule has 0 N–H and O–H groups in total. The second kappa shape index (κ2) is 39.9. The number of hydrogen-bond acceptors (Lipinski definition) is 13. The van der Waals surface area contributed by atoms with Gasteiger partial charge < -0.3 is 28.4 Å². The number of Topliss-reactive ketones (excluding diaryl/α,β-unsaturated/α-hetero) is 1. The number of carbonyl (C=O) groups is 7. The molecule has 0 spiro atoms. The van der Waals surface area contributed by atoms with Gasteiger partial charge in [0.15, 0.2) is 6.10 Å². The van der Waals surface area contributed by atoms with E-state index in [1.807, 2.05) is 0 Å². The molecule has 0 radical (unpaired) electrons. The van der Waals surface area contributed by atoms with Crippen LogP contribution in [-0.4, -0.2) is 73.8 Å². The van der Waals surface area contributed by atoms with Crippen molar-refractivity contribution in [2.75, 3.05) is 19.8 Å². The molecule has 13 nitrogen and oxygen atoms in total. The standard InChI is InChI=1S/C68H116O13/c1-7-9-11-13-15-17-19-21-23-25-27-29-31-35-61(70)77-50-56(51-78-62(71)36-32-30-28-26-24-22-20-18-16-14-12-10-8-2)80-64(73)47-52(3)48-65(74)81-66(75)76-46-34-33-37-63(72)79-55-42-44-67(5)54(49-55)38-39-57-59-41-40-58(53(4)69)68(59,6)45-43-60(57)67/h52,54-60H,7-51H2,1-6H3/t52?,54-,55-,57-,58+,59-,60-,67-,68+/m0/s1. The van der Waals surface area contributed by atoms with Crippen LogP contribution in [0.3, 0.4) is 0 Å². The zero-order valence-electron chi connectivity index (χ0n) is 52.2. The highest BCUT2D eigenvalue weighted by molar-refractivity contribution is 5.82. The second-order valence-corrected chi connectivity index (χ2v) is 26.3. The Morgan fingerprint density at radius 3 is 1.44 bits per heavy atom. The summed E-state index contributed by atoms with van der Waals surface area (Å²) in [6, 6.07) is 0. The maximum atomic E-state index is 13.1. The molecular weight excluding hydrogens is 1020 g/mol. The smallest absolute Gasteiger partial charge is 0.462 e. The summed E-state index contributed by atoms with van der Waals surface area (Å²) in [6.07, 6.45) is 39.8. The van der Waals surface area contributed by atoms with Crippen LogP contribution >= 0.6 is 0 Å². The topological polar surface area (TPSA) is 175 Å². The summed E-state index contributed by atoms with van der Waals surface area (Å²) in [5.74, 6) is -0.0138. The molecule has 0 amide bonds. The van der Waals surface area contributed by atoms with E-state index >= 15 is 0 Å². The Kier molecular flexibility index (Phi) is 34.5. The molecule has 4 fully saturated rings. The SMILES string of the molecule is CCCCCCCCCCCCCCCC(=O)OCC(COC(=O)CCCCCCCCCCCCCCC)OC(=O)CC(C)CC(=O)OC(=O)OCCCCC(=O)O[C@H]1CC[C@@]2(C)[C@@H](CC[C@@H]3[C@@H]2CC[C@]2(C)[C@@H](C(C)=O)CC[C@@H]32)C1. The minimum Gasteiger partial charge on any atom is -0.462 e. The fourth-order valence-electron chi connectivity index (χ4n) is 15.0. The Bertz CT molecular complexity index is 1790. The summed E-state index contributed by atoms with van der Waals surface area (Å²) in [6.45, 7) is 12.3. The van der Waals surface area contributed by atoms with E-state index in [2.05, 4.69) is 27.7 Å². The summed E-state index contributed by atoms with van der Waals surface area (Å²) in [4.78, 5) is 89.2.